The topological polar surface area (TPSA) is 49.7 Å². The highest BCUT2D eigenvalue weighted by Crippen LogP contribution is 2.35. The SMILES string of the molecule is C=CCN=C(C)C1=C(O)CC(C)(C)CC1=O. The molecule has 0 heterocycles. The minimum atomic E-state index is -0.149. The molecule has 1 N–H and O–H groups in total. The molecule has 0 fully saturated rings. The summed E-state index contributed by atoms with van der Waals surface area (Å²) in [6.45, 7) is 9.76. The zero-order valence-corrected chi connectivity index (χ0v) is 10.2. The van der Waals surface area contributed by atoms with Gasteiger partial charge in [0.2, 0.25) is 0 Å². The molecule has 0 aliphatic heterocycles. The van der Waals surface area contributed by atoms with E-state index in [0.29, 0.717) is 30.7 Å². The van der Waals surface area contributed by atoms with Crippen LogP contribution in [0.5, 0.6) is 0 Å². The molecule has 88 valence electrons. The molecule has 1 aliphatic carbocycles. The Bertz CT molecular complexity index is 375. The summed E-state index contributed by atoms with van der Waals surface area (Å²) in [6.07, 6.45) is 2.67. The fourth-order valence-electron chi connectivity index (χ4n) is 1.98. The maximum absolute atomic E-state index is 11.9. The Hall–Kier alpha value is -1.38. The smallest absolute Gasteiger partial charge is 0.168 e. The Morgan fingerprint density at radius 2 is 2.19 bits per heavy atom. The lowest BCUT2D eigenvalue weighted by Gasteiger charge is -2.29. The summed E-state index contributed by atoms with van der Waals surface area (Å²) >= 11 is 0. The summed E-state index contributed by atoms with van der Waals surface area (Å²) in [5.41, 5.74) is 0.864. The van der Waals surface area contributed by atoms with Gasteiger partial charge in [-0.2, -0.15) is 0 Å². The van der Waals surface area contributed by atoms with Crippen LogP contribution in [0.3, 0.4) is 0 Å². The third-order valence-electron chi connectivity index (χ3n) is 2.67. The average molecular weight is 221 g/mol. The molecule has 0 atom stereocenters. The molecular formula is C13H19NO2. The highest BCUT2D eigenvalue weighted by atomic mass is 16.3. The van der Waals surface area contributed by atoms with Crippen molar-refractivity contribution in [1.29, 1.82) is 0 Å². The quantitative estimate of drug-likeness (QED) is 0.588. The van der Waals surface area contributed by atoms with Gasteiger partial charge in [-0.3, -0.25) is 9.79 Å². The maximum atomic E-state index is 11.9. The van der Waals surface area contributed by atoms with E-state index in [1.807, 2.05) is 13.8 Å². The Morgan fingerprint density at radius 1 is 1.56 bits per heavy atom. The second-order valence-corrected chi connectivity index (χ2v) is 4.98. The molecule has 0 aromatic heterocycles. The zero-order valence-electron chi connectivity index (χ0n) is 10.2. The molecule has 1 aliphatic rings. The maximum Gasteiger partial charge on any atom is 0.168 e. The van der Waals surface area contributed by atoms with E-state index in [9.17, 15) is 9.90 Å². The van der Waals surface area contributed by atoms with Gasteiger partial charge in [-0.25, -0.2) is 0 Å². The molecule has 0 spiro atoms. The molecule has 0 radical (unpaired) electrons. The minimum Gasteiger partial charge on any atom is -0.511 e. The standard InChI is InChI=1S/C13H19NO2/c1-5-6-14-9(2)12-10(15)7-13(3,4)8-11(12)16/h5,15H,1,6-8H2,2-4H3. The third kappa shape index (κ3) is 2.81. The number of carbonyl (C=O) groups is 1. The number of hydrogen-bond donors (Lipinski definition) is 1. The van der Waals surface area contributed by atoms with Gasteiger partial charge >= 0.3 is 0 Å². The molecule has 16 heavy (non-hydrogen) atoms. The molecular weight excluding hydrogens is 202 g/mol. The minimum absolute atomic E-state index is 0.0148. The summed E-state index contributed by atoms with van der Waals surface area (Å²) in [7, 11) is 0. The van der Waals surface area contributed by atoms with Gasteiger partial charge in [-0.05, 0) is 12.3 Å². The zero-order chi connectivity index (χ0) is 12.3. The van der Waals surface area contributed by atoms with Crippen LogP contribution in [-0.2, 0) is 4.79 Å². The monoisotopic (exact) mass is 221 g/mol. The van der Waals surface area contributed by atoms with Crippen LogP contribution in [0.1, 0.15) is 33.6 Å². The third-order valence-corrected chi connectivity index (χ3v) is 2.67. The Balaban J connectivity index is 3.03. The number of aliphatic imine (C=N–C) groups is 1. The molecule has 0 unspecified atom stereocenters. The van der Waals surface area contributed by atoms with Crippen LogP contribution in [-0.4, -0.2) is 23.1 Å². The fourth-order valence-corrected chi connectivity index (χ4v) is 1.98. The van der Waals surface area contributed by atoms with Crippen LogP contribution in [0.25, 0.3) is 0 Å². The van der Waals surface area contributed by atoms with Crippen LogP contribution in [0.4, 0.5) is 0 Å². The van der Waals surface area contributed by atoms with Gasteiger partial charge in [0.05, 0.1) is 12.1 Å². The van der Waals surface area contributed by atoms with Crippen molar-refractivity contribution in [2.45, 2.75) is 33.6 Å². The average Bonchev–Trinajstić information content (AvgIpc) is 2.11. The van der Waals surface area contributed by atoms with E-state index in [0.717, 1.165) is 0 Å². The Kier molecular flexibility index (Phi) is 3.68. The van der Waals surface area contributed by atoms with E-state index < -0.39 is 0 Å². The Morgan fingerprint density at radius 3 is 2.69 bits per heavy atom. The highest BCUT2D eigenvalue weighted by molar-refractivity contribution is 6.22. The summed E-state index contributed by atoms with van der Waals surface area (Å²) in [5.74, 6) is 0.158. The normalized spacial score (nSPS) is 21.2. The van der Waals surface area contributed by atoms with Gasteiger partial charge in [0.15, 0.2) is 5.78 Å². The summed E-state index contributed by atoms with van der Waals surface area (Å²) in [4.78, 5) is 16.1. The lowest BCUT2D eigenvalue weighted by atomic mass is 9.76. The molecule has 0 amide bonds. The van der Waals surface area contributed by atoms with Crippen molar-refractivity contribution in [2.24, 2.45) is 10.4 Å². The number of allylic oxidation sites excluding steroid dienone is 2. The number of nitrogens with zero attached hydrogens (tertiary/aromatic N) is 1. The first-order chi connectivity index (χ1) is 7.37. The van der Waals surface area contributed by atoms with Crippen LogP contribution in [0, 0.1) is 5.41 Å². The number of Topliss-reactive ketones (excluding diaryl/α,β-unsaturated/α-hetero) is 1. The number of ketones is 1. The predicted octanol–water partition coefficient (Wildman–Crippen LogP) is 2.83. The molecule has 0 aromatic carbocycles. The van der Waals surface area contributed by atoms with Crippen molar-refractivity contribution in [3.05, 3.63) is 24.0 Å². The van der Waals surface area contributed by atoms with Gasteiger partial charge in [0.1, 0.15) is 5.76 Å². The first-order valence-electron chi connectivity index (χ1n) is 5.45. The van der Waals surface area contributed by atoms with E-state index in [1.165, 1.54) is 0 Å². The van der Waals surface area contributed by atoms with E-state index in [1.54, 1.807) is 13.0 Å². The molecule has 3 nitrogen and oxygen atoms in total. The predicted molar refractivity (Wildman–Crippen MR) is 65.8 cm³/mol. The number of hydrogen-bond acceptors (Lipinski definition) is 3. The van der Waals surface area contributed by atoms with E-state index in [2.05, 4.69) is 11.6 Å². The van der Waals surface area contributed by atoms with Gasteiger partial charge in [-0.1, -0.05) is 19.9 Å². The van der Waals surface area contributed by atoms with Gasteiger partial charge in [0, 0.05) is 18.6 Å². The van der Waals surface area contributed by atoms with Crippen molar-refractivity contribution in [1.82, 2.24) is 0 Å². The molecule has 1 rings (SSSR count). The molecule has 0 bridgehead atoms. The fraction of sp³-hybridized carbons (Fsp3) is 0.538. The van der Waals surface area contributed by atoms with Crippen molar-refractivity contribution < 1.29 is 9.90 Å². The first-order valence-corrected chi connectivity index (χ1v) is 5.45. The number of carbonyl (C=O) groups excluding carboxylic acids is 1. The van der Waals surface area contributed by atoms with Crippen LogP contribution >= 0.6 is 0 Å². The second kappa shape index (κ2) is 4.64. The molecule has 0 aromatic rings. The van der Waals surface area contributed by atoms with Crippen LogP contribution in [0.15, 0.2) is 29.0 Å². The number of aliphatic hydroxyl groups is 1. The summed E-state index contributed by atoms with van der Waals surface area (Å²) in [5, 5.41) is 9.90. The lowest BCUT2D eigenvalue weighted by molar-refractivity contribution is -0.117. The van der Waals surface area contributed by atoms with Gasteiger partial charge in [-0.15, -0.1) is 6.58 Å². The Labute approximate surface area is 96.6 Å². The molecule has 3 heteroatoms. The number of rotatable bonds is 3. The van der Waals surface area contributed by atoms with Gasteiger partial charge in [0.25, 0.3) is 0 Å². The summed E-state index contributed by atoms with van der Waals surface area (Å²) < 4.78 is 0. The molecule has 0 saturated carbocycles. The van der Waals surface area contributed by atoms with Gasteiger partial charge < -0.3 is 5.11 Å². The lowest BCUT2D eigenvalue weighted by Crippen LogP contribution is -2.28. The summed E-state index contributed by atoms with van der Waals surface area (Å²) in [6, 6.07) is 0. The van der Waals surface area contributed by atoms with E-state index >= 15 is 0 Å². The van der Waals surface area contributed by atoms with Crippen LogP contribution < -0.4 is 0 Å². The number of aliphatic hydroxyl groups excluding tert-OH is 1. The second-order valence-electron chi connectivity index (χ2n) is 4.98. The van der Waals surface area contributed by atoms with E-state index in [4.69, 9.17) is 0 Å². The van der Waals surface area contributed by atoms with Crippen LogP contribution in [0.2, 0.25) is 0 Å². The van der Waals surface area contributed by atoms with Crippen molar-refractivity contribution in [3.63, 3.8) is 0 Å². The van der Waals surface area contributed by atoms with Crippen molar-refractivity contribution >= 4 is 11.5 Å². The van der Waals surface area contributed by atoms with Crippen molar-refractivity contribution in [2.75, 3.05) is 6.54 Å². The first kappa shape index (κ1) is 12.7. The van der Waals surface area contributed by atoms with Crippen molar-refractivity contribution in [3.8, 4) is 0 Å². The van der Waals surface area contributed by atoms with E-state index in [-0.39, 0.29) is 17.0 Å². The largest absolute Gasteiger partial charge is 0.511 e. The highest BCUT2D eigenvalue weighted by Gasteiger charge is 2.33. The molecule has 0 saturated heterocycles.